The Kier molecular flexibility index (Phi) is 5.49. The highest BCUT2D eigenvalue weighted by Crippen LogP contribution is 2.20. The molecule has 2 N–H and O–H groups in total. The minimum Gasteiger partial charge on any atom is -0.744 e. The molecule has 0 aliphatic rings. The highest BCUT2D eigenvalue weighted by molar-refractivity contribution is 7.85. The topological polar surface area (TPSA) is 92.0 Å². The third kappa shape index (κ3) is 4.18. The molecule has 0 atom stereocenters. The standard InChI is InChI=1S/C9H12N3.C9H12O3S/c1-2-11-7-12(10)9-6-4-3-5-8(9)11;1-6-4-7(2)9(8(3)5-6)13(10,11)12/h3-7H,2,10H2,1H3;4-5H,1-3H3,(H,10,11,12)/q+1;/p-1. The van der Waals surface area contributed by atoms with Crippen LogP contribution in [0.3, 0.4) is 0 Å². The molecule has 25 heavy (non-hydrogen) atoms. The Balaban J connectivity index is 0.000000181. The number of benzene rings is 2. The van der Waals surface area contributed by atoms with Crippen molar-refractivity contribution in [1.29, 1.82) is 0 Å². The first kappa shape index (κ1) is 19.0. The number of hydrogen-bond acceptors (Lipinski definition) is 4. The second-order valence-corrected chi connectivity index (χ2v) is 7.30. The summed E-state index contributed by atoms with van der Waals surface area (Å²) in [4.78, 5) is -0.0851. The molecule has 3 rings (SSSR count). The summed E-state index contributed by atoms with van der Waals surface area (Å²) < 4.78 is 36.3. The van der Waals surface area contributed by atoms with Gasteiger partial charge in [-0.05, 0) is 51.0 Å². The minimum absolute atomic E-state index is 0.0851. The molecule has 0 unspecified atom stereocenters. The first-order valence-electron chi connectivity index (χ1n) is 7.93. The van der Waals surface area contributed by atoms with Crippen LogP contribution < -0.4 is 10.4 Å². The van der Waals surface area contributed by atoms with E-state index >= 15 is 0 Å². The molecule has 0 spiro atoms. The number of para-hydroxylation sites is 2. The lowest BCUT2D eigenvalue weighted by Crippen LogP contribution is -2.30. The fourth-order valence-electron chi connectivity index (χ4n) is 3.01. The largest absolute Gasteiger partial charge is 0.744 e. The van der Waals surface area contributed by atoms with Gasteiger partial charge in [-0.15, -0.1) is 4.68 Å². The predicted octanol–water partition coefficient (Wildman–Crippen LogP) is 2.18. The third-order valence-corrected chi connectivity index (χ3v) is 5.07. The van der Waals surface area contributed by atoms with Crippen molar-refractivity contribution in [2.75, 3.05) is 5.84 Å². The molecule has 0 radical (unpaired) electrons. The first-order chi connectivity index (χ1) is 11.6. The monoisotopic (exact) mass is 361 g/mol. The van der Waals surface area contributed by atoms with Crippen molar-refractivity contribution >= 4 is 21.2 Å². The van der Waals surface area contributed by atoms with E-state index in [1.807, 2.05) is 31.5 Å². The Labute approximate surface area is 148 Å². The van der Waals surface area contributed by atoms with Crippen LogP contribution in [-0.4, -0.2) is 17.6 Å². The van der Waals surface area contributed by atoms with Gasteiger partial charge in [-0.3, -0.25) is 5.84 Å². The molecule has 0 aliphatic heterocycles. The Morgan fingerprint density at radius 3 is 2.20 bits per heavy atom. The van der Waals surface area contributed by atoms with E-state index in [0.717, 1.165) is 17.6 Å². The molecule has 0 fully saturated rings. The van der Waals surface area contributed by atoms with Crippen LogP contribution in [-0.2, 0) is 16.7 Å². The lowest BCUT2D eigenvalue weighted by molar-refractivity contribution is -0.668. The maximum atomic E-state index is 10.8. The molecule has 3 aromatic rings. The van der Waals surface area contributed by atoms with Crippen molar-refractivity contribution in [3.05, 3.63) is 59.4 Å². The summed E-state index contributed by atoms with van der Waals surface area (Å²) in [5.74, 6) is 5.75. The van der Waals surface area contributed by atoms with Crippen molar-refractivity contribution in [3.8, 4) is 0 Å². The Morgan fingerprint density at radius 1 is 1.12 bits per heavy atom. The second kappa shape index (κ2) is 7.25. The molecule has 6 nitrogen and oxygen atoms in total. The van der Waals surface area contributed by atoms with E-state index in [2.05, 4.69) is 17.6 Å². The second-order valence-electron chi connectivity index (χ2n) is 5.98. The molecule has 0 aliphatic carbocycles. The first-order valence-corrected chi connectivity index (χ1v) is 9.34. The van der Waals surface area contributed by atoms with Crippen molar-refractivity contribution in [3.63, 3.8) is 0 Å². The molecular weight excluding hydrogens is 338 g/mol. The molecule has 2 aromatic carbocycles. The Bertz CT molecular complexity index is 985. The van der Waals surface area contributed by atoms with E-state index in [-0.39, 0.29) is 4.90 Å². The molecule has 0 saturated carbocycles. The molecule has 0 amide bonds. The van der Waals surface area contributed by atoms with Crippen LogP contribution >= 0.6 is 0 Å². The average molecular weight is 361 g/mol. The highest BCUT2D eigenvalue weighted by Gasteiger charge is 2.10. The van der Waals surface area contributed by atoms with Gasteiger partial charge >= 0.3 is 0 Å². The fourth-order valence-corrected chi connectivity index (χ4v) is 3.92. The van der Waals surface area contributed by atoms with Gasteiger partial charge in [0.2, 0.25) is 0 Å². The number of aryl methyl sites for hydroxylation is 4. The van der Waals surface area contributed by atoms with Gasteiger partial charge in [-0.1, -0.05) is 29.8 Å². The minimum atomic E-state index is -4.33. The molecule has 134 valence electrons. The van der Waals surface area contributed by atoms with E-state index in [1.165, 1.54) is 5.52 Å². The van der Waals surface area contributed by atoms with Crippen LogP contribution in [0.25, 0.3) is 11.0 Å². The summed E-state index contributed by atoms with van der Waals surface area (Å²) in [7, 11) is -4.33. The molecule has 7 heteroatoms. The van der Waals surface area contributed by atoms with Crippen LogP contribution in [0.4, 0.5) is 0 Å². The zero-order chi connectivity index (χ0) is 18.8. The van der Waals surface area contributed by atoms with Crippen LogP contribution in [0.1, 0.15) is 23.6 Å². The lowest BCUT2D eigenvalue weighted by Gasteiger charge is -2.14. The van der Waals surface area contributed by atoms with Gasteiger partial charge in [0, 0.05) is 0 Å². The Hall–Kier alpha value is -2.38. The lowest BCUT2D eigenvalue weighted by atomic mass is 10.1. The number of rotatable bonds is 2. The number of fused-ring (bicyclic) bond motifs is 1. The summed E-state index contributed by atoms with van der Waals surface area (Å²) in [6, 6.07) is 11.5. The van der Waals surface area contributed by atoms with Crippen LogP contribution in [0.15, 0.2) is 47.6 Å². The number of nitrogens with two attached hydrogens (primary N) is 1. The van der Waals surface area contributed by atoms with Gasteiger partial charge < -0.3 is 4.55 Å². The van der Waals surface area contributed by atoms with Crippen molar-refractivity contribution in [2.45, 2.75) is 39.1 Å². The van der Waals surface area contributed by atoms with Gasteiger partial charge in [-0.2, -0.15) is 0 Å². The molecule has 0 saturated heterocycles. The van der Waals surface area contributed by atoms with E-state index in [9.17, 15) is 13.0 Å². The van der Waals surface area contributed by atoms with Crippen LogP contribution in [0.2, 0.25) is 0 Å². The van der Waals surface area contributed by atoms with Gasteiger partial charge in [0.15, 0.2) is 11.0 Å². The van der Waals surface area contributed by atoms with Crippen LogP contribution in [0.5, 0.6) is 0 Å². The summed E-state index contributed by atoms with van der Waals surface area (Å²) in [6.45, 7) is 8.17. The highest BCUT2D eigenvalue weighted by atomic mass is 32.2. The maximum Gasteiger partial charge on any atom is 0.268 e. The summed E-state index contributed by atoms with van der Waals surface area (Å²) in [6.07, 6.45) is 1.91. The Morgan fingerprint density at radius 2 is 1.68 bits per heavy atom. The maximum absolute atomic E-state index is 10.8. The predicted molar refractivity (Wildman–Crippen MR) is 96.6 cm³/mol. The normalized spacial score (nSPS) is 11.2. The zero-order valence-electron chi connectivity index (χ0n) is 14.9. The van der Waals surface area contributed by atoms with Gasteiger partial charge in [0.05, 0.1) is 11.4 Å². The molecular formula is C18H23N3O3S. The average Bonchev–Trinajstić information content (AvgIpc) is 2.82. The van der Waals surface area contributed by atoms with Crippen molar-refractivity contribution < 1.29 is 17.5 Å². The van der Waals surface area contributed by atoms with E-state index in [0.29, 0.717) is 11.1 Å². The SMILES string of the molecule is CC[n+]1cn(N)c2ccccc21.Cc1cc(C)c(S(=O)(=O)[O-])c(C)c1. The number of nitrogens with zero attached hydrogens (tertiary/aromatic N) is 2. The smallest absolute Gasteiger partial charge is 0.268 e. The van der Waals surface area contributed by atoms with Crippen molar-refractivity contribution in [2.24, 2.45) is 0 Å². The summed E-state index contributed by atoms with van der Waals surface area (Å²) >= 11 is 0. The molecule has 1 aromatic heterocycles. The van der Waals surface area contributed by atoms with E-state index in [4.69, 9.17) is 5.84 Å². The van der Waals surface area contributed by atoms with Gasteiger partial charge in [-0.25, -0.2) is 13.0 Å². The summed E-state index contributed by atoms with van der Waals surface area (Å²) in [5, 5.41) is 0. The van der Waals surface area contributed by atoms with E-state index < -0.39 is 10.1 Å². The number of nitrogen functional groups attached to an aromatic ring is 1. The van der Waals surface area contributed by atoms with Crippen LogP contribution in [0, 0.1) is 20.8 Å². The van der Waals surface area contributed by atoms with Gasteiger partial charge in [0.25, 0.3) is 6.33 Å². The van der Waals surface area contributed by atoms with Crippen molar-refractivity contribution in [1.82, 2.24) is 4.68 Å². The molecule has 0 bridgehead atoms. The van der Waals surface area contributed by atoms with Gasteiger partial charge in [0.1, 0.15) is 10.1 Å². The zero-order valence-corrected chi connectivity index (χ0v) is 15.7. The summed E-state index contributed by atoms with van der Waals surface area (Å²) in [5.41, 5.74) is 4.25. The number of hydrogen-bond donors (Lipinski definition) is 1. The number of imidazole rings is 1. The quantitative estimate of drug-likeness (QED) is 0.430. The molecule has 1 heterocycles. The van der Waals surface area contributed by atoms with E-state index in [1.54, 1.807) is 30.7 Å². The third-order valence-electron chi connectivity index (χ3n) is 3.93. The fraction of sp³-hybridized carbons (Fsp3) is 0.278. The number of aromatic nitrogens is 2.